The highest BCUT2D eigenvalue weighted by atomic mass is 79.9. The highest BCUT2D eigenvalue weighted by Gasteiger charge is 2.36. The van der Waals surface area contributed by atoms with Gasteiger partial charge >= 0.3 is 0 Å². The Morgan fingerprint density at radius 2 is 1.30 bits per heavy atom. The van der Waals surface area contributed by atoms with Crippen LogP contribution in [-0.4, -0.2) is 6.71 Å². The molecule has 0 unspecified atom stereocenters. The van der Waals surface area contributed by atoms with Gasteiger partial charge in [-0.15, -0.1) is 0 Å². The molecule has 0 amide bonds. The fraction of sp³-hybridized carbons (Fsp3) is 0.333. The van der Waals surface area contributed by atoms with E-state index in [0.29, 0.717) is 17.8 Å². The molecule has 0 saturated heterocycles. The lowest BCUT2D eigenvalue weighted by Gasteiger charge is -2.32. The smallest absolute Gasteiger partial charge is 0.251 e. The van der Waals surface area contributed by atoms with Crippen LogP contribution in [0.5, 0.6) is 11.5 Å². The molecule has 0 saturated carbocycles. The second-order valence-corrected chi connectivity index (χ2v) is 10.2. The van der Waals surface area contributed by atoms with E-state index in [1.54, 1.807) is 0 Å². The first-order valence-corrected chi connectivity index (χ1v) is 11.8. The first kappa shape index (κ1) is 21.2. The molecule has 1 nitrogen and oxygen atoms in total. The number of halogens is 1. The van der Waals surface area contributed by atoms with Crippen molar-refractivity contribution in [3.63, 3.8) is 0 Å². The molecule has 1 aliphatic rings. The SMILES string of the molecule is CC(C)c1cc(C(C)C)c(B2c3ccccc3Oc3ccc(Br)cc32)c(C(C)C)c1. The summed E-state index contributed by atoms with van der Waals surface area (Å²) in [7, 11) is 0. The number of hydrogen-bond acceptors (Lipinski definition) is 1. The summed E-state index contributed by atoms with van der Waals surface area (Å²) in [6.45, 7) is 14.0. The van der Waals surface area contributed by atoms with Gasteiger partial charge in [0.05, 0.1) is 0 Å². The lowest BCUT2D eigenvalue weighted by Crippen LogP contribution is -2.57. The van der Waals surface area contributed by atoms with Crippen LogP contribution in [-0.2, 0) is 0 Å². The maximum atomic E-state index is 6.33. The Morgan fingerprint density at radius 1 is 0.700 bits per heavy atom. The van der Waals surface area contributed by atoms with Crippen LogP contribution in [0.3, 0.4) is 0 Å². The molecule has 0 radical (unpaired) electrons. The van der Waals surface area contributed by atoms with E-state index < -0.39 is 0 Å². The number of hydrogen-bond donors (Lipinski definition) is 0. The number of benzene rings is 3. The Bertz CT molecular complexity index is 1050. The van der Waals surface area contributed by atoms with Gasteiger partial charge in [-0.05, 0) is 69.6 Å². The Labute approximate surface area is 190 Å². The minimum atomic E-state index is 0.165. The van der Waals surface area contributed by atoms with Crippen molar-refractivity contribution >= 4 is 39.0 Å². The number of ether oxygens (including phenoxy) is 1. The Balaban J connectivity index is 2.09. The molecular weight excluding hydrogens is 431 g/mol. The molecule has 0 aromatic heterocycles. The number of fused-ring (bicyclic) bond motifs is 2. The fourth-order valence-electron chi connectivity index (χ4n) is 4.59. The van der Waals surface area contributed by atoms with Crippen molar-refractivity contribution in [3.8, 4) is 11.5 Å². The van der Waals surface area contributed by atoms with Crippen molar-refractivity contribution in [2.24, 2.45) is 0 Å². The second-order valence-electron chi connectivity index (χ2n) is 9.33. The highest BCUT2D eigenvalue weighted by molar-refractivity contribution is 9.10. The molecule has 1 heterocycles. The summed E-state index contributed by atoms with van der Waals surface area (Å²) in [5, 5.41) is 0. The van der Waals surface area contributed by atoms with E-state index in [1.807, 2.05) is 0 Å². The molecule has 0 N–H and O–H groups in total. The lowest BCUT2D eigenvalue weighted by molar-refractivity contribution is 0.487. The average Bonchev–Trinajstić information content (AvgIpc) is 2.71. The molecule has 3 aromatic rings. The minimum Gasteiger partial charge on any atom is -0.458 e. The molecule has 30 heavy (non-hydrogen) atoms. The zero-order valence-electron chi connectivity index (χ0n) is 18.8. The van der Waals surface area contributed by atoms with Crippen LogP contribution in [0.4, 0.5) is 0 Å². The van der Waals surface area contributed by atoms with Gasteiger partial charge in [0.25, 0.3) is 6.71 Å². The molecule has 3 aromatic carbocycles. The second kappa shape index (κ2) is 8.27. The minimum absolute atomic E-state index is 0.165. The van der Waals surface area contributed by atoms with Crippen LogP contribution < -0.4 is 21.1 Å². The van der Waals surface area contributed by atoms with Gasteiger partial charge in [-0.25, -0.2) is 0 Å². The van der Waals surface area contributed by atoms with Crippen molar-refractivity contribution in [1.82, 2.24) is 0 Å². The molecule has 154 valence electrons. The van der Waals surface area contributed by atoms with E-state index in [0.717, 1.165) is 16.0 Å². The van der Waals surface area contributed by atoms with Gasteiger partial charge in [0, 0.05) is 4.47 Å². The van der Waals surface area contributed by atoms with Crippen molar-refractivity contribution < 1.29 is 4.74 Å². The number of para-hydroxylation sites is 1. The largest absolute Gasteiger partial charge is 0.458 e. The van der Waals surface area contributed by atoms with E-state index in [9.17, 15) is 0 Å². The summed E-state index contributed by atoms with van der Waals surface area (Å²) in [6.07, 6.45) is 0. The summed E-state index contributed by atoms with van der Waals surface area (Å²) in [5.41, 5.74) is 8.30. The standard InChI is InChI=1S/C27H30BBrO/c1-16(2)19-13-21(17(3)4)27(22(14-19)18(5)6)28-23-9-7-8-10-25(23)30-26-12-11-20(29)15-24(26)28/h7-18H,1-6H3. The third-order valence-corrected chi connectivity index (χ3v) is 6.69. The average molecular weight is 461 g/mol. The van der Waals surface area contributed by atoms with E-state index in [1.165, 1.54) is 33.1 Å². The third-order valence-electron chi connectivity index (χ3n) is 6.20. The van der Waals surface area contributed by atoms with Crippen LogP contribution in [0.1, 0.15) is 76.0 Å². The van der Waals surface area contributed by atoms with Gasteiger partial charge in [-0.3, -0.25) is 0 Å². The molecule has 0 aliphatic carbocycles. The van der Waals surface area contributed by atoms with Gasteiger partial charge in [0.1, 0.15) is 11.5 Å². The summed E-state index contributed by atoms with van der Waals surface area (Å²) >= 11 is 3.70. The van der Waals surface area contributed by atoms with Gasteiger partial charge in [0.2, 0.25) is 0 Å². The zero-order valence-corrected chi connectivity index (χ0v) is 20.4. The molecule has 1 aliphatic heterocycles. The summed E-state index contributed by atoms with van der Waals surface area (Å²) in [4.78, 5) is 0. The predicted molar refractivity (Wildman–Crippen MR) is 134 cm³/mol. The third kappa shape index (κ3) is 3.73. The van der Waals surface area contributed by atoms with Crippen molar-refractivity contribution in [1.29, 1.82) is 0 Å². The van der Waals surface area contributed by atoms with Crippen LogP contribution in [0.25, 0.3) is 0 Å². The summed E-state index contributed by atoms with van der Waals surface area (Å²) in [5.74, 6) is 3.33. The van der Waals surface area contributed by atoms with Crippen molar-refractivity contribution in [2.45, 2.75) is 59.3 Å². The van der Waals surface area contributed by atoms with Crippen LogP contribution in [0.15, 0.2) is 59.1 Å². The van der Waals surface area contributed by atoms with Crippen molar-refractivity contribution in [2.75, 3.05) is 0 Å². The molecule has 0 atom stereocenters. The van der Waals surface area contributed by atoms with E-state index in [-0.39, 0.29) is 6.71 Å². The predicted octanol–water partition coefficient (Wildman–Crippen LogP) is 6.44. The van der Waals surface area contributed by atoms with Crippen LogP contribution in [0.2, 0.25) is 0 Å². The highest BCUT2D eigenvalue weighted by Crippen LogP contribution is 2.31. The van der Waals surface area contributed by atoms with Crippen LogP contribution >= 0.6 is 15.9 Å². The topological polar surface area (TPSA) is 9.23 Å². The van der Waals surface area contributed by atoms with Gasteiger partial charge in [-0.2, -0.15) is 0 Å². The summed E-state index contributed by atoms with van der Waals surface area (Å²) in [6, 6.07) is 19.8. The monoisotopic (exact) mass is 460 g/mol. The Hall–Kier alpha value is -2.00. The maximum absolute atomic E-state index is 6.33. The molecule has 4 rings (SSSR count). The van der Waals surface area contributed by atoms with E-state index in [4.69, 9.17) is 4.74 Å². The van der Waals surface area contributed by atoms with E-state index in [2.05, 4.69) is 112 Å². The molecular formula is C27H30BBrO. The maximum Gasteiger partial charge on any atom is 0.251 e. The van der Waals surface area contributed by atoms with Crippen molar-refractivity contribution in [3.05, 3.63) is 75.8 Å². The number of rotatable bonds is 4. The molecule has 3 heteroatoms. The Morgan fingerprint density at radius 3 is 1.90 bits per heavy atom. The molecule has 0 spiro atoms. The fourth-order valence-corrected chi connectivity index (χ4v) is 4.97. The van der Waals surface area contributed by atoms with Gasteiger partial charge < -0.3 is 4.74 Å². The van der Waals surface area contributed by atoms with Gasteiger partial charge in [-0.1, -0.05) is 93.3 Å². The first-order valence-electron chi connectivity index (χ1n) is 11.0. The Kier molecular flexibility index (Phi) is 5.85. The molecule has 0 fully saturated rings. The van der Waals surface area contributed by atoms with Crippen LogP contribution in [0, 0.1) is 0 Å². The van der Waals surface area contributed by atoms with Gasteiger partial charge in [0.15, 0.2) is 0 Å². The molecule has 0 bridgehead atoms. The lowest BCUT2D eigenvalue weighted by atomic mass is 9.34. The zero-order chi connectivity index (χ0) is 21.6. The first-order chi connectivity index (χ1) is 14.3. The normalized spacial score (nSPS) is 12.9. The quantitative estimate of drug-likeness (QED) is 0.318. The summed E-state index contributed by atoms with van der Waals surface area (Å²) < 4.78 is 7.41. The van der Waals surface area contributed by atoms with E-state index >= 15 is 0 Å².